The van der Waals surface area contributed by atoms with E-state index in [1.54, 1.807) is 20.8 Å². The highest BCUT2D eigenvalue weighted by Gasteiger charge is 2.30. The molecule has 1 amide bonds. The van der Waals surface area contributed by atoms with Gasteiger partial charge in [0.1, 0.15) is 11.3 Å². The number of nitrogens with two attached hydrogens (primary N) is 1. The molecule has 0 spiro atoms. The number of nitrogen functional groups attached to an aromatic ring is 1. The molecule has 2 aromatic rings. The van der Waals surface area contributed by atoms with Gasteiger partial charge in [-0.2, -0.15) is 13.2 Å². The largest absolute Gasteiger partial charge is 0.444 e. The summed E-state index contributed by atoms with van der Waals surface area (Å²) >= 11 is 0. The molecule has 0 aliphatic heterocycles. The van der Waals surface area contributed by atoms with Crippen LogP contribution in [0, 0.1) is 0 Å². The van der Waals surface area contributed by atoms with Crippen LogP contribution in [0.2, 0.25) is 0 Å². The fourth-order valence-electron chi connectivity index (χ4n) is 1.85. The van der Waals surface area contributed by atoms with Crippen LogP contribution in [0.5, 0.6) is 0 Å². The van der Waals surface area contributed by atoms with Crippen LogP contribution in [-0.2, 0) is 10.9 Å². The highest BCUT2D eigenvalue weighted by atomic mass is 19.4. The fourth-order valence-corrected chi connectivity index (χ4v) is 1.85. The molecule has 2 rings (SSSR count). The van der Waals surface area contributed by atoms with Gasteiger partial charge in [0.25, 0.3) is 0 Å². The van der Waals surface area contributed by atoms with Crippen LogP contribution in [0.4, 0.5) is 29.5 Å². The first-order valence-corrected chi connectivity index (χ1v) is 6.98. The molecule has 24 heavy (non-hydrogen) atoms. The lowest BCUT2D eigenvalue weighted by atomic mass is 10.2. The Morgan fingerprint density at radius 2 is 1.96 bits per heavy atom. The summed E-state index contributed by atoms with van der Waals surface area (Å²) < 4.78 is 44.5. The van der Waals surface area contributed by atoms with Crippen molar-refractivity contribution in [2.45, 2.75) is 32.5 Å². The van der Waals surface area contributed by atoms with E-state index in [0.717, 1.165) is 16.8 Å². The third-order valence-electron chi connectivity index (χ3n) is 2.82. The predicted molar refractivity (Wildman–Crippen MR) is 82.8 cm³/mol. The maximum Gasteiger partial charge on any atom is 0.416 e. The van der Waals surface area contributed by atoms with Crippen molar-refractivity contribution in [1.82, 2.24) is 9.78 Å². The van der Waals surface area contributed by atoms with E-state index in [9.17, 15) is 18.0 Å². The molecule has 0 aliphatic carbocycles. The lowest BCUT2D eigenvalue weighted by Gasteiger charge is -2.19. The Balaban J connectivity index is 2.24. The van der Waals surface area contributed by atoms with E-state index in [1.165, 1.54) is 18.3 Å². The molecule has 3 N–H and O–H groups in total. The number of aromatic nitrogens is 2. The minimum absolute atomic E-state index is 0.0433. The first kappa shape index (κ1) is 17.6. The Kier molecular flexibility index (Phi) is 4.46. The topological polar surface area (TPSA) is 82.2 Å². The van der Waals surface area contributed by atoms with E-state index in [1.807, 2.05) is 0 Å². The fraction of sp³-hybridized carbons (Fsp3) is 0.333. The number of nitrogens with one attached hydrogen (secondary N) is 1. The van der Waals surface area contributed by atoms with Crippen LogP contribution in [0.3, 0.4) is 0 Å². The molecule has 0 radical (unpaired) electrons. The van der Waals surface area contributed by atoms with Crippen molar-refractivity contribution in [2.75, 3.05) is 11.1 Å². The van der Waals surface area contributed by atoms with Crippen molar-refractivity contribution in [2.24, 2.45) is 0 Å². The molecule has 0 bridgehead atoms. The van der Waals surface area contributed by atoms with Gasteiger partial charge in [0.2, 0.25) is 0 Å². The van der Waals surface area contributed by atoms with E-state index in [2.05, 4.69) is 10.4 Å². The highest BCUT2D eigenvalue weighted by Crippen LogP contribution is 2.30. The SMILES string of the molecule is CC(C)(C)OC(=O)Nc1cn(-c2cccc(C(F)(F)F)c2)nc1N. The van der Waals surface area contributed by atoms with Gasteiger partial charge in [0.15, 0.2) is 5.82 Å². The molecule has 0 saturated heterocycles. The summed E-state index contributed by atoms with van der Waals surface area (Å²) in [6, 6.07) is 4.59. The molecule has 130 valence electrons. The lowest BCUT2D eigenvalue weighted by Crippen LogP contribution is -2.27. The average Bonchev–Trinajstić information content (AvgIpc) is 2.77. The van der Waals surface area contributed by atoms with Crippen molar-refractivity contribution < 1.29 is 22.7 Å². The van der Waals surface area contributed by atoms with E-state index in [4.69, 9.17) is 10.5 Å². The number of amides is 1. The zero-order valence-electron chi connectivity index (χ0n) is 13.3. The van der Waals surface area contributed by atoms with Gasteiger partial charge in [-0.25, -0.2) is 9.48 Å². The van der Waals surface area contributed by atoms with Crippen LogP contribution in [-0.4, -0.2) is 21.5 Å². The van der Waals surface area contributed by atoms with Crippen LogP contribution < -0.4 is 11.1 Å². The summed E-state index contributed by atoms with van der Waals surface area (Å²) in [6.45, 7) is 5.09. The second kappa shape index (κ2) is 6.06. The molecule has 6 nitrogen and oxygen atoms in total. The zero-order valence-corrected chi connectivity index (χ0v) is 13.3. The highest BCUT2D eigenvalue weighted by molar-refractivity contribution is 5.88. The molecular weight excluding hydrogens is 325 g/mol. The van der Waals surface area contributed by atoms with E-state index in [0.29, 0.717) is 0 Å². The minimum Gasteiger partial charge on any atom is -0.444 e. The summed E-state index contributed by atoms with van der Waals surface area (Å²) in [6.07, 6.45) is -3.89. The first-order valence-electron chi connectivity index (χ1n) is 6.98. The van der Waals surface area contributed by atoms with Crippen molar-refractivity contribution in [3.05, 3.63) is 36.0 Å². The molecule has 1 aromatic heterocycles. The number of alkyl halides is 3. The molecule has 0 unspecified atom stereocenters. The third kappa shape index (κ3) is 4.40. The summed E-state index contributed by atoms with van der Waals surface area (Å²) in [4.78, 5) is 11.7. The molecule has 1 heterocycles. The normalized spacial score (nSPS) is 12.1. The van der Waals surface area contributed by atoms with Gasteiger partial charge in [-0.15, -0.1) is 5.10 Å². The summed E-state index contributed by atoms with van der Waals surface area (Å²) in [5, 5.41) is 6.32. The first-order chi connectivity index (χ1) is 11.0. The second-order valence-electron chi connectivity index (χ2n) is 6.05. The van der Waals surface area contributed by atoms with Crippen molar-refractivity contribution >= 4 is 17.6 Å². The van der Waals surface area contributed by atoms with Crippen molar-refractivity contribution in [1.29, 1.82) is 0 Å². The Hall–Kier alpha value is -2.71. The Bertz CT molecular complexity index is 748. The van der Waals surface area contributed by atoms with Gasteiger partial charge in [-0.05, 0) is 39.0 Å². The standard InChI is InChI=1S/C15H17F3N4O2/c1-14(2,3)24-13(23)20-11-8-22(21-12(11)19)10-6-4-5-9(7-10)15(16,17)18/h4-8H,1-3H3,(H2,19,21)(H,20,23). The van der Waals surface area contributed by atoms with Crippen LogP contribution >= 0.6 is 0 Å². The molecule has 0 saturated carbocycles. The van der Waals surface area contributed by atoms with Crippen LogP contribution in [0.25, 0.3) is 5.69 Å². The molecule has 0 aliphatic rings. The monoisotopic (exact) mass is 342 g/mol. The number of anilines is 2. The third-order valence-corrected chi connectivity index (χ3v) is 2.82. The molecule has 0 atom stereocenters. The average molecular weight is 342 g/mol. The van der Waals surface area contributed by atoms with Crippen molar-refractivity contribution in [3.63, 3.8) is 0 Å². The van der Waals surface area contributed by atoms with Gasteiger partial charge < -0.3 is 10.5 Å². The van der Waals surface area contributed by atoms with Gasteiger partial charge in [0, 0.05) is 0 Å². The predicted octanol–water partition coefficient (Wildman–Crippen LogP) is 3.82. The number of halogens is 3. The van der Waals surface area contributed by atoms with E-state index >= 15 is 0 Å². The Labute approximate surface area is 136 Å². The van der Waals surface area contributed by atoms with Crippen LogP contribution in [0.15, 0.2) is 30.5 Å². The minimum atomic E-state index is -4.47. The lowest BCUT2D eigenvalue weighted by molar-refractivity contribution is -0.137. The zero-order chi connectivity index (χ0) is 18.1. The second-order valence-corrected chi connectivity index (χ2v) is 6.05. The summed E-state index contributed by atoms with van der Waals surface area (Å²) in [5.74, 6) is -0.0433. The maximum absolute atomic E-state index is 12.8. The van der Waals surface area contributed by atoms with Gasteiger partial charge >= 0.3 is 12.3 Å². The number of benzene rings is 1. The smallest absolute Gasteiger partial charge is 0.416 e. The number of nitrogens with zero attached hydrogens (tertiary/aromatic N) is 2. The number of carbonyl (C=O) groups excluding carboxylic acids is 1. The van der Waals surface area contributed by atoms with Crippen LogP contribution in [0.1, 0.15) is 26.3 Å². The van der Waals surface area contributed by atoms with Gasteiger partial charge in [-0.1, -0.05) is 6.07 Å². The van der Waals surface area contributed by atoms with Gasteiger partial charge in [-0.3, -0.25) is 5.32 Å². The van der Waals surface area contributed by atoms with E-state index in [-0.39, 0.29) is 17.2 Å². The summed E-state index contributed by atoms with van der Waals surface area (Å²) in [5.41, 5.74) is 4.48. The number of ether oxygens (including phenoxy) is 1. The molecule has 9 heteroatoms. The number of rotatable bonds is 2. The Morgan fingerprint density at radius 3 is 2.54 bits per heavy atom. The quantitative estimate of drug-likeness (QED) is 0.869. The molecule has 1 aromatic carbocycles. The van der Waals surface area contributed by atoms with E-state index < -0.39 is 23.4 Å². The summed E-state index contributed by atoms with van der Waals surface area (Å²) in [7, 11) is 0. The molecule has 0 fully saturated rings. The van der Waals surface area contributed by atoms with Gasteiger partial charge in [0.05, 0.1) is 17.4 Å². The maximum atomic E-state index is 12.8. The number of hydrogen-bond acceptors (Lipinski definition) is 4. The number of carbonyl (C=O) groups is 1. The van der Waals surface area contributed by atoms with Crippen molar-refractivity contribution in [3.8, 4) is 5.69 Å². The molecular formula is C15H17F3N4O2. The number of hydrogen-bond donors (Lipinski definition) is 2. The Morgan fingerprint density at radius 1 is 1.29 bits per heavy atom.